The molecule has 1 atom stereocenters. The average molecular weight is 361 g/mol. The molecule has 2 amide bonds. The Labute approximate surface area is 152 Å². The van der Waals surface area contributed by atoms with Crippen molar-refractivity contribution >= 4 is 29.1 Å². The topological polar surface area (TPSA) is 67.4 Å². The molecule has 0 aliphatic rings. The molecule has 0 bridgehead atoms. The van der Waals surface area contributed by atoms with Crippen molar-refractivity contribution in [2.75, 3.05) is 11.9 Å². The molecule has 6 heteroatoms. The fourth-order valence-corrected chi connectivity index (χ4v) is 2.42. The first-order chi connectivity index (χ1) is 11.8. The van der Waals surface area contributed by atoms with E-state index in [-0.39, 0.29) is 17.9 Å². The average Bonchev–Trinajstić information content (AvgIpc) is 2.54. The molecule has 2 rings (SSSR count). The number of carbonyl (C=O) groups excluding carboxylic acids is 2. The maximum atomic E-state index is 12.3. The maximum Gasteiger partial charge on any atom is 0.251 e. The lowest BCUT2D eigenvalue weighted by Crippen LogP contribution is -2.33. The minimum absolute atomic E-state index is 0.177. The molecular weight excluding hydrogens is 340 g/mol. The van der Waals surface area contributed by atoms with E-state index in [4.69, 9.17) is 16.3 Å². The second-order valence-corrected chi connectivity index (χ2v) is 6.24. The molecule has 0 aromatic heterocycles. The van der Waals surface area contributed by atoms with Gasteiger partial charge in [-0.3, -0.25) is 9.59 Å². The fraction of sp³-hybridized carbons (Fsp3) is 0.263. The first-order valence-corrected chi connectivity index (χ1v) is 8.31. The van der Waals surface area contributed by atoms with Crippen LogP contribution in [0.5, 0.6) is 5.75 Å². The van der Waals surface area contributed by atoms with Crippen LogP contribution in [-0.4, -0.2) is 24.5 Å². The normalized spacial score (nSPS) is 11.5. The van der Waals surface area contributed by atoms with Crippen molar-refractivity contribution in [1.82, 2.24) is 5.32 Å². The lowest BCUT2D eigenvalue weighted by atomic mass is 10.1. The molecule has 132 valence electrons. The maximum absolute atomic E-state index is 12.3. The Balaban J connectivity index is 1.94. The minimum Gasteiger partial charge on any atom is -0.489 e. The largest absolute Gasteiger partial charge is 0.489 e. The standard InChI is InChI=1S/C19H21ClN2O3/c1-12-7-8-15(9-18(12)22-14(3)23)19(24)21-11-13(2)25-17-6-4-5-16(20)10-17/h4-10,13H,11H2,1-3H3,(H,21,24)(H,22,23). The molecule has 2 aromatic rings. The van der Waals surface area contributed by atoms with Crippen molar-refractivity contribution in [2.45, 2.75) is 26.9 Å². The number of amides is 2. The van der Waals surface area contributed by atoms with Gasteiger partial charge in [-0.05, 0) is 49.7 Å². The highest BCUT2D eigenvalue weighted by Crippen LogP contribution is 2.19. The van der Waals surface area contributed by atoms with Crippen molar-refractivity contribution in [3.8, 4) is 5.75 Å². The van der Waals surface area contributed by atoms with Crippen LogP contribution in [0.15, 0.2) is 42.5 Å². The summed E-state index contributed by atoms with van der Waals surface area (Å²) in [5.41, 5.74) is 2.00. The molecule has 0 aliphatic heterocycles. The lowest BCUT2D eigenvalue weighted by molar-refractivity contribution is -0.114. The van der Waals surface area contributed by atoms with E-state index in [1.807, 2.05) is 19.9 Å². The zero-order chi connectivity index (χ0) is 18.4. The molecule has 5 nitrogen and oxygen atoms in total. The molecule has 1 unspecified atom stereocenters. The van der Waals surface area contributed by atoms with E-state index in [1.165, 1.54) is 6.92 Å². The Morgan fingerprint density at radius 1 is 1.20 bits per heavy atom. The zero-order valence-corrected chi connectivity index (χ0v) is 15.2. The summed E-state index contributed by atoms with van der Waals surface area (Å²) < 4.78 is 5.72. The number of benzene rings is 2. The Hall–Kier alpha value is -2.53. The highest BCUT2D eigenvalue weighted by atomic mass is 35.5. The predicted molar refractivity (Wildman–Crippen MR) is 99.4 cm³/mol. The van der Waals surface area contributed by atoms with Crippen LogP contribution in [0, 0.1) is 6.92 Å². The molecule has 0 spiro atoms. The molecule has 2 aromatic carbocycles. The SMILES string of the molecule is CC(=O)Nc1cc(C(=O)NCC(C)Oc2cccc(Cl)c2)ccc1C. The summed E-state index contributed by atoms with van der Waals surface area (Å²) in [4.78, 5) is 23.5. The first kappa shape index (κ1) is 18.8. The third kappa shape index (κ3) is 5.80. The van der Waals surface area contributed by atoms with Crippen LogP contribution in [0.2, 0.25) is 5.02 Å². The third-order valence-electron chi connectivity index (χ3n) is 3.49. The third-order valence-corrected chi connectivity index (χ3v) is 3.73. The number of ether oxygens (including phenoxy) is 1. The number of hydrogen-bond acceptors (Lipinski definition) is 3. The highest BCUT2D eigenvalue weighted by Gasteiger charge is 2.11. The van der Waals surface area contributed by atoms with Gasteiger partial charge in [0.1, 0.15) is 11.9 Å². The lowest BCUT2D eigenvalue weighted by Gasteiger charge is -2.16. The molecule has 0 fully saturated rings. The van der Waals surface area contributed by atoms with Gasteiger partial charge in [-0.2, -0.15) is 0 Å². The number of nitrogens with one attached hydrogen (secondary N) is 2. The molecule has 0 saturated heterocycles. The molecule has 0 heterocycles. The molecule has 0 radical (unpaired) electrons. The van der Waals surface area contributed by atoms with Crippen LogP contribution in [0.4, 0.5) is 5.69 Å². The number of carbonyl (C=O) groups is 2. The molecular formula is C19H21ClN2O3. The van der Waals surface area contributed by atoms with Crippen molar-refractivity contribution in [2.24, 2.45) is 0 Å². The summed E-state index contributed by atoms with van der Waals surface area (Å²) in [5, 5.41) is 6.14. The Bertz CT molecular complexity index is 777. The van der Waals surface area contributed by atoms with E-state index in [0.717, 1.165) is 5.56 Å². The monoisotopic (exact) mass is 360 g/mol. The van der Waals surface area contributed by atoms with Gasteiger partial charge in [-0.25, -0.2) is 0 Å². The summed E-state index contributed by atoms with van der Waals surface area (Å²) in [6.07, 6.45) is -0.220. The number of aryl methyl sites for hydroxylation is 1. The van der Waals surface area contributed by atoms with Crippen LogP contribution in [0.1, 0.15) is 29.8 Å². The fourth-order valence-electron chi connectivity index (χ4n) is 2.24. The van der Waals surface area contributed by atoms with Gasteiger partial charge < -0.3 is 15.4 Å². The van der Waals surface area contributed by atoms with Crippen LogP contribution in [-0.2, 0) is 4.79 Å². The summed E-state index contributed by atoms with van der Waals surface area (Å²) >= 11 is 5.92. The molecule has 0 aliphatic carbocycles. The predicted octanol–water partition coefficient (Wildman–Crippen LogP) is 3.80. The van der Waals surface area contributed by atoms with Gasteiger partial charge in [0.2, 0.25) is 5.91 Å². The van der Waals surface area contributed by atoms with Crippen molar-refractivity contribution in [3.05, 3.63) is 58.6 Å². The quantitative estimate of drug-likeness (QED) is 0.823. The van der Waals surface area contributed by atoms with Crippen LogP contribution >= 0.6 is 11.6 Å². The van der Waals surface area contributed by atoms with E-state index in [0.29, 0.717) is 28.6 Å². The van der Waals surface area contributed by atoms with Crippen LogP contribution < -0.4 is 15.4 Å². The van der Waals surface area contributed by atoms with Gasteiger partial charge in [-0.15, -0.1) is 0 Å². The summed E-state index contributed by atoms with van der Waals surface area (Å²) in [6.45, 7) is 5.50. The Morgan fingerprint density at radius 2 is 1.96 bits per heavy atom. The van der Waals surface area contributed by atoms with Gasteiger partial charge in [-0.1, -0.05) is 23.7 Å². The van der Waals surface area contributed by atoms with E-state index in [9.17, 15) is 9.59 Å². The zero-order valence-electron chi connectivity index (χ0n) is 14.4. The van der Waals surface area contributed by atoms with Crippen LogP contribution in [0.3, 0.4) is 0 Å². The molecule has 0 saturated carbocycles. The first-order valence-electron chi connectivity index (χ1n) is 7.94. The summed E-state index contributed by atoms with van der Waals surface area (Å²) in [5.74, 6) is 0.245. The van der Waals surface area contributed by atoms with E-state index >= 15 is 0 Å². The number of anilines is 1. The van der Waals surface area contributed by atoms with Gasteiger partial charge in [0.15, 0.2) is 0 Å². The number of rotatable bonds is 6. The van der Waals surface area contributed by atoms with Crippen molar-refractivity contribution in [3.63, 3.8) is 0 Å². The van der Waals surface area contributed by atoms with Gasteiger partial charge >= 0.3 is 0 Å². The molecule has 2 N–H and O–H groups in total. The molecule has 25 heavy (non-hydrogen) atoms. The smallest absolute Gasteiger partial charge is 0.251 e. The van der Waals surface area contributed by atoms with Crippen molar-refractivity contribution in [1.29, 1.82) is 0 Å². The second-order valence-electron chi connectivity index (χ2n) is 5.81. The van der Waals surface area contributed by atoms with Crippen molar-refractivity contribution < 1.29 is 14.3 Å². The number of hydrogen-bond donors (Lipinski definition) is 2. The summed E-state index contributed by atoms with van der Waals surface area (Å²) in [6, 6.07) is 12.3. The number of halogens is 1. The van der Waals surface area contributed by atoms with E-state index < -0.39 is 0 Å². The van der Waals surface area contributed by atoms with E-state index in [1.54, 1.807) is 36.4 Å². The van der Waals surface area contributed by atoms with Gasteiger partial charge in [0.05, 0.1) is 6.54 Å². The second kappa shape index (κ2) is 8.53. The van der Waals surface area contributed by atoms with Gasteiger partial charge in [0.25, 0.3) is 5.91 Å². The van der Waals surface area contributed by atoms with Crippen LogP contribution in [0.25, 0.3) is 0 Å². The summed E-state index contributed by atoms with van der Waals surface area (Å²) in [7, 11) is 0. The minimum atomic E-state index is -0.229. The Kier molecular flexibility index (Phi) is 6.42. The highest BCUT2D eigenvalue weighted by molar-refractivity contribution is 6.30. The van der Waals surface area contributed by atoms with Gasteiger partial charge in [0, 0.05) is 23.2 Å². The van der Waals surface area contributed by atoms with E-state index in [2.05, 4.69) is 10.6 Å². The Morgan fingerprint density at radius 3 is 2.64 bits per heavy atom.